The van der Waals surface area contributed by atoms with Crippen LogP contribution < -0.4 is 0 Å². The Labute approximate surface area is 109 Å². The Hall–Kier alpha value is -0.790. The van der Waals surface area contributed by atoms with Crippen LogP contribution >= 0.6 is 0 Å². The molecule has 0 amide bonds. The molecular weight excluding hydrogens is 331 g/mol. The minimum atomic E-state index is -6.13. The van der Waals surface area contributed by atoms with E-state index in [2.05, 4.69) is 4.74 Å². The van der Waals surface area contributed by atoms with E-state index in [1.54, 1.807) is 0 Å². The first kappa shape index (κ1) is 18.3. The summed E-state index contributed by atoms with van der Waals surface area (Å²) in [5.41, 5.74) is -4.67. The summed E-state index contributed by atoms with van der Waals surface area (Å²) in [5, 5.41) is 27.0. The molecular formula is C8H7F9O4. The molecule has 0 saturated carbocycles. The van der Waals surface area contributed by atoms with Crippen LogP contribution in [0.25, 0.3) is 0 Å². The number of aliphatic hydroxyl groups is 3. The Bertz CT molecular complexity index is 342. The Morgan fingerprint density at radius 1 is 0.619 bits per heavy atom. The molecule has 0 aromatic heterocycles. The summed E-state index contributed by atoms with van der Waals surface area (Å²) in [6, 6.07) is 0. The standard InChI is InChI=1S/C8H7F9O4/c9-6(10,11)3(18)1-4(19,7(12,13)14)21-5(20,2-3)8(15,16)17/h18-20H,1-2H2. The van der Waals surface area contributed by atoms with Gasteiger partial charge in [0.25, 0.3) is 11.6 Å². The minimum absolute atomic E-state index is 2.68. The largest absolute Gasteiger partial charge is 0.443 e. The zero-order valence-electron chi connectivity index (χ0n) is 9.57. The fourth-order valence-electron chi connectivity index (χ4n) is 1.72. The van der Waals surface area contributed by atoms with Crippen LogP contribution in [0.5, 0.6) is 0 Å². The van der Waals surface area contributed by atoms with Crippen molar-refractivity contribution in [1.29, 1.82) is 0 Å². The molecule has 13 heteroatoms. The first-order valence-electron chi connectivity index (χ1n) is 4.94. The molecule has 0 aromatic rings. The van der Waals surface area contributed by atoms with Gasteiger partial charge in [0, 0.05) is 12.8 Å². The van der Waals surface area contributed by atoms with E-state index in [-0.39, 0.29) is 0 Å². The van der Waals surface area contributed by atoms with Crippen molar-refractivity contribution in [1.82, 2.24) is 0 Å². The van der Waals surface area contributed by atoms with Gasteiger partial charge >= 0.3 is 18.5 Å². The van der Waals surface area contributed by atoms with Crippen LogP contribution in [0.3, 0.4) is 0 Å². The second-order valence-corrected chi connectivity index (χ2v) is 4.55. The molecule has 2 unspecified atom stereocenters. The third-order valence-electron chi connectivity index (χ3n) is 2.82. The number of ether oxygens (including phenoxy) is 1. The third kappa shape index (κ3) is 2.91. The van der Waals surface area contributed by atoms with Crippen molar-refractivity contribution in [3.63, 3.8) is 0 Å². The fraction of sp³-hybridized carbons (Fsp3) is 1.00. The SMILES string of the molecule is OC1(C(F)(F)F)CC(O)(C(F)(F)F)OC(O)(C(F)(F)F)C1. The molecule has 0 aliphatic carbocycles. The molecule has 1 rings (SSSR count). The highest BCUT2D eigenvalue weighted by molar-refractivity contribution is 5.04. The van der Waals surface area contributed by atoms with Crippen molar-refractivity contribution < 1.29 is 59.6 Å². The number of rotatable bonds is 0. The Morgan fingerprint density at radius 2 is 0.905 bits per heavy atom. The van der Waals surface area contributed by atoms with E-state index in [4.69, 9.17) is 15.3 Å². The maximum absolute atomic E-state index is 12.5. The van der Waals surface area contributed by atoms with Gasteiger partial charge in [-0.15, -0.1) is 0 Å². The molecule has 21 heavy (non-hydrogen) atoms. The molecule has 0 spiro atoms. The minimum Gasteiger partial charge on any atom is -0.380 e. The fourth-order valence-corrected chi connectivity index (χ4v) is 1.72. The van der Waals surface area contributed by atoms with Crippen molar-refractivity contribution in [2.45, 2.75) is 48.5 Å². The molecule has 3 N–H and O–H groups in total. The average molecular weight is 338 g/mol. The summed E-state index contributed by atoms with van der Waals surface area (Å²) in [4.78, 5) is 0. The van der Waals surface area contributed by atoms with Gasteiger partial charge in [-0.05, 0) is 0 Å². The molecule has 1 aliphatic heterocycles. The van der Waals surface area contributed by atoms with Crippen LogP contribution in [0.15, 0.2) is 0 Å². The number of hydrogen-bond acceptors (Lipinski definition) is 4. The maximum Gasteiger partial charge on any atom is 0.443 e. The topological polar surface area (TPSA) is 69.9 Å². The number of alkyl halides is 9. The molecule has 1 fully saturated rings. The van der Waals surface area contributed by atoms with Gasteiger partial charge in [0.2, 0.25) is 0 Å². The summed E-state index contributed by atoms with van der Waals surface area (Å²) in [7, 11) is 0. The second kappa shape index (κ2) is 4.36. The lowest BCUT2D eigenvalue weighted by Crippen LogP contribution is -2.71. The lowest BCUT2D eigenvalue weighted by Gasteiger charge is -2.49. The normalized spacial score (nSPS) is 39.4. The van der Waals surface area contributed by atoms with E-state index < -0.39 is 48.5 Å². The maximum atomic E-state index is 12.5. The first-order valence-corrected chi connectivity index (χ1v) is 4.94. The highest BCUT2D eigenvalue weighted by atomic mass is 19.4. The van der Waals surface area contributed by atoms with E-state index in [9.17, 15) is 39.5 Å². The number of halogens is 9. The smallest absolute Gasteiger partial charge is 0.380 e. The first-order chi connectivity index (χ1) is 8.87. The van der Waals surface area contributed by atoms with E-state index in [0.717, 1.165) is 0 Å². The van der Waals surface area contributed by atoms with Gasteiger partial charge in [0.05, 0.1) is 0 Å². The zero-order valence-corrected chi connectivity index (χ0v) is 9.57. The van der Waals surface area contributed by atoms with Crippen molar-refractivity contribution >= 4 is 0 Å². The van der Waals surface area contributed by atoms with Gasteiger partial charge in [-0.2, -0.15) is 39.5 Å². The van der Waals surface area contributed by atoms with Gasteiger partial charge in [-0.1, -0.05) is 0 Å². The third-order valence-corrected chi connectivity index (χ3v) is 2.82. The van der Waals surface area contributed by atoms with Gasteiger partial charge < -0.3 is 20.1 Å². The van der Waals surface area contributed by atoms with E-state index in [1.807, 2.05) is 0 Å². The van der Waals surface area contributed by atoms with Crippen LogP contribution in [0.2, 0.25) is 0 Å². The predicted molar refractivity (Wildman–Crippen MR) is 43.3 cm³/mol. The highest BCUT2D eigenvalue weighted by Crippen LogP contribution is 2.55. The Kier molecular flexibility index (Phi) is 3.79. The number of hydrogen-bond donors (Lipinski definition) is 3. The van der Waals surface area contributed by atoms with E-state index in [1.165, 1.54) is 0 Å². The van der Waals surface area contributed by atoms with E-state index >= 15 is 0 Å². The predicted octanol–water partition coefficient (Wildman–Crippen LogP) is 1.59. The molecule has 0 bridgehead atoms. The molecule has 4 nitrogen and oxygen atoms in total. The quantitative estimate of drug-likeness (QED) is 0.587. The molecule has 0 radical (unpaired) electrons. The summed E-state index contributed by atoms with van der Waals surface area (Å²) in [6.45, 7) is 0. The monoisotopic (exact) mass is 338 g/mol. The zero-order chi connectivity index (χ0) is 17.1. The summed E-state index contributed by atoms with van der Waals surface area (Å²) in [5.74, 6) is -10.1. The second-order valence-electron chi connectivity index (χ2n) is 4.55. The van der Waals surface area contributed by atoms with Crippen LogP contribution in [0.1, 0.15) is 12.8 Å². The van der Waals surface area contributed by atoms with Crippen LogP contribution in [-0.4, -0.2) is 51.0 Å². The average Bonchev–Trinajstić information content (AvgIpc) is 2.09. The van der Waals surface area contributed by atoms with Gasteiger partial charge in [0.15, 0.2) is 5.60 Å². The molecule has 0 aromatic carbocycles. The van der Waals surface area contributed by atoms with Gasteiger partial charge in [-0.3, -0.25) is 0 Å². The van der Waals surface area contributed by atoms with E-state index in [0.29, 0.717) is 0 Å². The highest BCUT2D eigenvalue weighted by Gasteiger charge is 2.77. The molecule has 1 heterocycles. The summed E-state index contributed by atoms with van der Waals surface area (Å²) in [6.07, 6.45) is -23.6. The lowest BCUT2D eigenvalue weighted by molar-refractivity contribution is -0.512. The molecule has 126 valence electrons. The van der Waals surface area contributed by atoms with Crippen molar-refractivity contribution in [2.75, 3.05) is 0 Å². The van der Waals surface area contributed by atoms with Crippen molar-refractivity contribution in [3.05, 3.63) is 0 Å². The molecule has 2 atom stereocenters. The lowest BCUT2D eigenvalue weighted by atomic mass is 9.82. The summed E-state index contributed by atoms with van der Waals surface area (Å²) < 4.78 is 115. The van der Waals surface area contributed by atoms with Crippen LogP contribution in [0, 0.1) is 0 Å². The molecule has 1 aliphatic rings. The van der Waals surface area contributed by atoms with Gasteiger partial charge in [0.1, 0.15) is 0 Å². The van der Waals surface area contributed by atoms with Crippen LogP contribution in [0.4, 0.5) is 39.5 Å². The molecule has 1 saturated heterocycles. The summed E-state index contributed by atoms with van der Waals surface area (Å²) >= 11 is 0. The Morgan fingerprint density at radius 3 is 1.10 bits per heavy atom. The van der Waals surface area contributed by atoms with Crippen LogP contribution in [-0.2, 0) is 4.74 Å². The Balaban J connectivity index is 3.44. The van der Waals surface area contributed by atoms with Crippen molar-refractivity contribution in [3.8, 4) is 0 Å². The van der Waals surface area contributed by atoms with Crippen molar-refractivity contribution in [2.24, 2.45) is 0 Å². The van der Waals surface area contributed by atoms with Gasteiger partial charge in [-0.25, -0.2) is 0 Å².